The summed E-state index contributed by atoms with van der Waals surface area (Å²) in [6.07, 6.45) is 1.81. The Bertz CT molecular complexity index is 1130. The zero-order valence-electron chi connectivity index (χ0n) is 17.8. The minimum atomic E-state index is -1.08. The fourth-order valence-electron chi connectivity index (χ4n) is 3.39. The van der Waals surface area contributed by atoms with Gasteiger partial charge in [-0.05, 0) is 51.9 Å². The number of nitriles is 1. The molecule has 0 radical (unpaired) electrons. The lowest BCUT2D eigenvalue weighted by molar-refractivity contribution is 0.102. The number of nitrogens with zero attached hydrogens (tertiary/aromatic N) is 4. The summed E-state index contributed by atoms with van der Waals surface area (Å²) in [6, 6.07) is 5.78. The van der Waals surface area contributed by atoms with Crippen LogP contribution in [0.1, 0.15) is 48.9 Å². The van der Waals surface area contributed by atoms with E-state index in [1.165, 1.54) is 24.4 Å². The quantitative estimate of drug-likeness (QED) is 0.602. The number of nitrogens with two attached hydrogens (primary N) is 2. The minimum absolute atomic E-state index is 0.0159. The van der Waals surface area contributed by atoms with Gasteiger partial charge < -0.3 is 16.8 Å². The van der Waals surface area contributed by atoms with E-state index in [1.54, 1.807) is 18.7 Å². The van der Waals surface area contributed by atoms with Gasteiger partial charge in [0, 0.05) is 11.4 Å². The highest BCUT2D eigenvalue weighted by Crippen LogP contribution is 2.47. The molecule has 0 aromatic carbocycles. The SMILES string of the molecule is CC1(C)SC(CCN)[C@@](C)(c2nc(NC(=O)c3ncc(C#N)cc3Cl)ccc2F)N=C1N. The molecular weight excluding hydrogens is 453 g/mol. The predicted octanol–water partition coefficient (Wildman–Crippen LogP) is 3.21. The van der Waals surface area contributed by atoms with Crippen molar-refractivity contribution in [2.75, 3.05) is 11.9 Å². The predicted molar refractivity (Wildman–Crippen MR) is 124 cm³/mol. The smallest absolute Gasteiger partial charge is 0.276 e. The average Bonchev–Trinajstić information content (AvgIpc) is 2.73. The zero-order chi connectivity index (χ0) is 23.7. The summed E-state index contributed by atoms with van der Waals surface area (Å²) in [7, 11) is 0. The number of hydrogen-bond acceptors (Lipinski definition) is 8. The zero-order valence-corrected chi connectivity index (χ0v) is 19.4. The van der Waals surface area contributed by atoms with E-state index in [2.05, 4.69) is 20.3 Å². The van der Waals surface area contributed by atoms with Crippen molar-refractivity contribution in [2.24, 2.45) is 16.5 Å². The molecule has 2 aromatic rings. The Kier molecular flexibility index (Phi) is 6.74. The van der Waals surface area contributed by atoms with Crippen LogP contribution >= 0.6 is 23.4 Å². The second-order valence-electron chi connectivity index (χ2n) is 7.99. The number of carbonyl (C=O) groups is 1. The molecule has 0 aliphatic carbocycles. The molecule has 0 fully saturated rings. The second kappa shape index (κ2) is 9.02. The molecule has 3 rings (SSSR count). The molecule has 1 aliphatic rings. The lowest BCUT2D eigenvalue weighted by atomic mass is 9.89. The van der Waals surface area contributed by atoms with Gasteiger partial charge in [-0.25, -0.2) is 14.4 Å². The van der Waals surface area contributed by atoms with E-state index in [1.807, 2.05) is 19.9 Å². The number of rotatable bonds is 5. The number of aliphatic imine (C=N–C) groups is 1. The number of halogens is 2. The van der Waals surface area contributed by atoms with Crippen molar-refractivity contribution in [1.29, 1.82) is 5.26 Å². The van der Waals surface area contributed by atoms with Crippen LogP contribution in [0.25, 0.3) is 0 Å². The van der Waals surface area contributed by atoms with Crippen LogP contribution in [-0.4, -0.2) is 38.3 Å². The molecular formula is C21H23ClFN7OS. The van der Waals surface area contributed by atoms with E-state index < -0.39 is 22.0 Å². The number of aromatic nitrogens is 2. The summed E-state index contributed by atoms with van der Waals surface area (Å²) in [6.45, 7) is 6.06. The van der Waals surface area contributed by atoms with Crippen molar-refractivity contribution in [3.8, 4) is 6.07 Å². The van der Waals surface area contributed by atoms with E-state index in [9.17, 15) is 9.18 Å². The number of anilines is 1. The van der Waals surface area contributed by atoms with Crippen LogP contribution in [0.5, 0.6) is 0 Å². The summed E-state index contributed by atoms with van der Waals surface area (Å²) in [5.41, 5.74) is 11.1. The van der Waals surface area contributed by atoms with Crippen molar-refractivity contribution < 1.29 is 9.18 Å². The van der Waals surface area contributed by atoms with E-state index >= 15 is 0 Å². The summed E-state index contributed by atoms with van der Waals surface area (Å²) in [5.74, 6) is -0.735. The highest BCUT2D eigenvalue weighted by molar-refractivity contribution is 8.02. The normalized spacial score (nSPS) is 22.0. The fraction of sp³-hybridized carbons (Fsp3) is 0.381. The summed E-state index contributed by atoms with van der Waals surface area (Å²) in [4.78, 5) is 25.6. The van der Waals surface area contributed by atoms with Gasteiger partial charge in [-0.1, -0.05) is 11.6 Å². The number of thioether (sulfide) groups is 1. The van der Waals surface area contributed by atoms with Crippen LogP contribution in [-0.2, 0) is 5.54 Å². The highest BCUT2D eigenvalue weighted by atomic mass is 35.5. The third-order valence-corrected chi connectivity index (χ3v) is 7.28. The average molecular weight is 476 g/mol. The number of pyridine rings is 2. The number of carbonyl (C=O) groups excluding carboxylic acids is 1. The number of amidine groups is 1. The van der Waals surface area contributed by atoms with Gasteiger partial charge in [0.05, 0.1) is 15.3 Å². The van der Waals surface area contributed by atoms with Gasteiger partial charge in [0.2, 0.25) is 0 Å². The molecule has 0 bridgehead atoms. The minimum Gasteiger partial charge on any atom is -0.386 e. The molecule has 1 unspecified atom stereocenters. The molecule has 11 heteroatoms. The molecule has 8 nitrogen and oxygen atoms in total. The maximum Gasteiger partial charge on any atom is 0.276 e. The first kappa shape index (κ1) is 23.9. The standard InChI is InChI=1S/C21H23ClFN7OS/c1-20(2)19(26)30-21(3,14(32-20)6-7-24)17-13(23)4-5-15(28-17)29-18(31)16-12(22)8-11(9-25)10-27-16/h4-5,8,10,14H,6-7,24H2,1-3H3,(H2,26,30)(H,28,29,31)/t14?,21-/m0/s1. The third kappa shape index (κ3) is 4.55. The molecule has 0 saturated heterocycles. The van der Waals surface area contributed by atoms with Crippen molar-refractivity contribution in [3.63, 3.8) is 0 Å². The topological polar surface area (TPSA) is 143 Å². The maximum atomic E-state index is 15.0. The fourth-order valence-corrected chi connectivity index (χ4v) is 5.17. The Morgan fingerprint density at radius 1 is 1.41 bits per heavy atom. The highest BCUT2D eigenvalue weighted by Gasteiger charge is 2.47. The van der Waals surface area contributed by atoms with E-state index in [0.717, 1.165) is 0 Å². The molecule has 32 heavy (non-hydrogen) atoms. The monoisotopic (exact) mass is 475 g/mol. The maximum absolute atomic E-state index is 15.0. The van der Waals surface area contributed by atoms with E-state index in [-0.39, 0.29) is 33.0 Å². The van der Waals surface area contributed by atoms with Gasteiger partial charge in [0.25, 0.3) is 5.91 Å². The first-order valence-corrected chi connectivity index (χ1v) is 11.0. The van der Waals surface area contributed by atoms with Crippen molar-refractivity contribution in [3.05, 3.63) is 52.2 Å². The molecule has 3 heterocycles. The summed E-state index contributed by atoms with van der Waals surface area (Å²) < 4.78 is 14.5. The Morgan fingerprint density at radius 3 is 2.75 bits per heavy atom. The summed E-state index contributed by atoms with van der Waals surface area (Å²) >= 11 is 7.64. The van der Waals surface area contributed by atoms with Gasteiger partial charge in [0.1, 0.15) is 40.5 Å². The molecule has 0 saturated carbocycles. The van der Waals surface area contributed by atoms with Crippen LogP contribution < -0.4 is 16.8 Å². The lowest BCUT2D eigenvalue weighted by Gasteiger charge is -2.43. The van der Waals surface area contributed by atoms with Crippen LogP contribution in [0.4, 0.5) is 10.2 Å². The molecule has 1 aliphatic heterocycles. The molecule has 0 spiro atoms. The van der Waals surface area contributed by atoms with Gasteiger partial charge in [0.15, 0.2) is 0 Å². The van der Waals surface area contributed by atoms with Crippen LogP contribution in [0.3, 0.4) is 0 Å². The Labute approximate surface area is 194 Å². The summed E-state index contributed by atoms with van der Waals surface area (Å²) in [5, 5.41) is 11.3. The van der Waals surface area contributed by atoms with Gasteiger partial charge >= 0.3 is 0 Å². The molecule has 1 amide bonds. The second-order valence-corrected chi connectivity index (χ2v) is 10.2. The first-order chi connectivity index (χ1) is 15.0. The van der Waals surface area contributed by atoms with Gasteiger partial charge in [-0.3, -0.25) is 9.79 Å². The Morgan fingerprint density at radius 2 is 2.12 bits per heavy atom. The van der Waals surface area contributed by atoms with Crippen LogP contribution in [0.2, 0.25) is 5.02 Å². The third-order valence-electron chi connectivity index (χ3n) is 5.21. The van der Waals surface area contributed by atoms with Crippen molar-refractivity contribution in [1.82, 2.24) is 9.97 Å². The molecule has 2 aromatic heterocycles. The number of amides is 1. The molecule has 2 atom stereocenters. The van der Waals surface area contributed by atoms with Gasteiger partial charge in [-0.2, -0.15) is 5.26 Å². The van der Waals surface area contributed by atoms with Gasteiger partial charge in [-0.15, -0.1) is 11.8 Å². The van der Waals surface area contributed by atoms with Crippen molar-refractivity contribution >= 4 is 40.9 Å². The lowest BCUT2D eigenvalue weighted by Crippen LogP contribution is -2.50. The Balaban J connectivity index is 1.99. The number of hydrogen-bond donors (Lipinski definition) is 3. The molecule has 168 valence electrons. The van der Waals surface area contributed by atoms with Crippen LogP contribution in [0.15, 0.2) is 29.4 Å². The largest absolute Gasteiger partial charge is 0.386 e. The number of nitrogens with one attached hydrogen (secondary N) is 1. The van der Waals surface area contributed by atoms with E-state index in [0.29, 0.717) is 18.8 Å². The van der Waals surface area contributed by atoms with E-state index in [4.69, 9.17) is 28.3 Å². The Hall–Kier alpha value is -2.74. The van der Waals surface area contributed by atoms with Crippen molar-refractivity contribution in [2.45, 2.75) is 42.7 Å². The molecule has 5 N–H and O–H groups in total. The van der Waals surface area contributed by atoms with Crippen LogP contribution in [0, 0.1) is 17.1 Å². The first-order valence-electron chi connectivity index (χ1n) is 9.79.